The highest BCUT2D eigenvalue weighted by Gasteiger charge is 2.26. The number of sulfonamides is 1. The minimum Gasteiger partial charge on any atom is -0.354 e. The molecule has 0 radical (unpaired) electrons. The summed E-state index contributed by atoms with van der Waals surface area (Å²) < 4.78 is 25.5. The molecule has 0 saturated carbocycles. The zero-order valence-electron chi connectivity index (χ0n) is 14.4. The van der Waals surface area contributed by atoms with E-state index in [4.69, 9.17) is 0 Å². The quantitative estimate of drug-likeness (QED) is 0.859. The van der Waals surface area contributed by atoms with Gasteiger partial charge in [-0.2, -0.15) is 4.31 Å². The van der Waals surface area contributed by atoms with Crippen molar-refractivity contribution in [3.63, 3.8) is 0 Å². The van der Waals surface area contributed by atoms with Gasteiger partial charge in [-0.3, -0.25) is 0 Å². The molecule has 3 heterocycles. The first-order chi connectivity index (χ1) is 12.0. The van der Waals surface area contributed by atoms with Crippen molar-refractivity contribution < 1.29 is 8.42 Å². The van der Waals surface area contributed by atoms with Gasteiger partial charge < -0.3 is 10.2 Å². The molecule has 1 saturated heterocycles. The average Bonchev–Trinajstić information content (AvgIpc) is 2.62. The fourth-order valence-corrected chi connectivity index (χ4v) is 3.81. The number of hydrogen-bond acceptors (Lipinski definition) is 7. The Balaban J connectivity index is 1.73. The topological polar surface area (TPSA) is 91.3 Å². The molecule has 1 aliphatic heterocycles. The predicted octanol–water partition coefficient (Wildman–Crippen LogP) is 1.40. The van der Waals surface area contributed by atoms with Crippen LogP contribution in [-0.2, 0) is 10.0 Å². The normalized spacial score (nSPS) is 16.0. The molecule has 2 aromatic rings. The molecule has 0 unspecified atom stereocenters. The highest BCUT2D eigenvalue weighted by Crippen LogP contribution is 2.20. The number of nitrogens with one attached hydrogen (secondary N) is 1. The number of nitrogens with zero attached hydrogens (tertiary/aromatic N) is 5. The van der Waals surface area contributed by atoms with Crippen LogP contribution in [0.2, 0.25) is 0 Å². The summed E-state index contributed by atoms with van der Waals surface area (Å²) in [4.78, 5) is 15.2. The van der Waals surface area contributed by atoms with Crippen LogP contribution in [0.15, 0.2) is 30.5 Å². The van der Waals surface area contributed by atoms with Gasteiger partial charge >= 0.3 is 0 Å². The van der Waals surface area contributed by atoms with Crippen LogP contribution in [0.25, 0.3) is 0 Å². The van der Waals surface area contributed by atoms with E-state index >= 15 is 0 Å². The lowest BCUT2D eigenvalue weighted by molar-refractivity contribution is 0.384. The lowest BCUT2D eigenvalue weighted by atomic mass is 10.3. The summed E-state index contributed by atoms with van der Waals surface area (Å²) in [6.07, 6.45) is 1.71. The molecule has 25 heavy (non-hydrogen) atoms. The monoisotopic (exact) mass is 362 g/mol. The summed E-state index contributed by atoms with van der Waals surface area (Å²) in [5.74, 6) is 2.96. The summed E-state index contributed by atoms with van der Waals surface area (Å²) in [6, 6.07) is 7.49. The van der Waals surface area contributed by atoms with E-state index in [1.54, 1.807) is 17.4 Å². The van der Waals surface area contributed by atoms with Gasteiger partial charge in [0.1, 0.15) is 23.3 Å². The number of piperazine rings is 1. The zero-order valence-corrected chi connectivity index (χ0v) is 15.2. The van der Waals surface area contributed by atoms with E-state index < -0.39 is 10.0 Å². The Labute approximate surface area is 148 Å². The van der Waals surface area contributed by atoms with E-state index in [0.29, 0.717) is 43.6 Å². The van der Waals surface area contributed by atoms with Gasteiger partial charge in [-0.1, -0.05) is 6.07 Å². The Hall–Kier alpha value is -2.26. The van der Waals surface area contributed by atoms with Crippen LogP contribution in [0.5, 0.6) is 0 Å². The van der Waals surface area contributed by atoms with E-state index in [-0.39, 0.29) is 5.75 Å². The predicted molar refractivity (Wildman–Crippen MR) is 97.5 cm³/mol. The van der Waals surface area contributed by atoms with Crippen molar-refractivity contribution in [2.45, 2.75) is 13.8 Å². The molecule has 0 amide bonds. The number of pyridine rings is 1. The summed E-state index contributed by atoms with van der Waals surface area (Å²) in [6.45, 7) is 5.68. The van der Waals surface area contributed by atoms with Gasteiger partial charge in [0.2, 0.25) is 10.0 Å². The first kappa shape index (κ1) is 17.6. The van der Waals surface area contributed by atoms with Gasteiger partial charge in [-0.05, 0) is 26.0 Å². The highest BCUT2D eigenvalue weighted by atomic mass is 32.2. The maximum absolute atomic E-state index is 12.0. The second-order valence-corrected chi connectivity index (χ2v) is 8.04. The van der Waals surface area contributed by atoms with Gasteiger partial charge in [-0.25, -0.2) is 23.4 Å². The lowest BCUT2D eigenvalue weighted by Gasteiger charge is -2.34. The number of aryl methyl sites for hydroxylation is 1. The average molecular weight is 362 g/mol. The molecular formula is C16H22N6O2S. The SMILES string of the molecule is CCS(=O)(=O)N1CCN(c2cc(Nc3ccccn3)nc(C)n2)CC1. The Morgan fingerprint density at radius 2 is 1.88 bits per heavy atom. The van der Waals surface area contributed by atoms with Crippen LogP contribution in [0.1, 0.15) is 12.7 Å². The molecule has 1 fully saturated rings. The summed E-state index contributed by atoms with van der Waals surface area (Å²) in [5, 5.41) is 3.17. The Morgan fingerprint density at radius 1 is 1.12 bits per heavy atom. The lowest BCUT2D eigenvalue weighted by Crippen LogP contribution is -2.49. The van der Waals surface area contributed by atoms with Gasteiger partial charge in [0.05, 0.1) is 5.75 Å². The molecule has 0 aliphatic carbocycles. The second kappa shape index (κ2) is 7.32. The van der Waals surface area contributed by atoms with Gasteiger partial charge in [0.25, 0.3) is 0 Å². The van der Waals surface area contributed by atoms with E-state index in [1.165, 1.54) is 0 Å². The van der Waals surface area contributed by atoms with E-state index in [9.17, 15) is 8.42 Å². The molecule has 0 atom stereocenters. The van der Waals surface area contributed by atoms with Crippen molar-refractivity contribution in [1.82, 2.24) is 19.3 Å². The van der Waals surface area contributed by atoms with Crippen molar-refractivity contribution >= 4 is 27.5 Å². The van der Waals surface area contributed by atoms with Crippen molar-refractivity contribution in [1.29, 1.82) is 0 Å². The van der Waals surface area contributed by atoms with Crippen LogP contribution in [0.3, 0.4) is 0 Å². The van der Waals surface area contributed by atoms with Crippen molar-refractivity contribution in [2.75, 3.05) is 42.1 Å². The van der Waals surface area contributed by atoms with Crippen LogP contribution in [-0.4, -0.2) is 59.6 Å². The van der Waals surface area contributed by atoms with E-state index in [0.717, 1.165) is 5.82 Å². The Morgan fingerprint density at radius 3 is 2.52 bits per heavy atom. The van der Waals surface area contributed by atoms with Gasteiger partial charge in [-0.15, -0.1) is 0 Å². The maximum atomic E-state index is 12.0. The van der Waals surface area contributed by atoms with Gasteiger partial charge in [0.15, 0.2) is 0 Å². The van der Waals surface area contributed by atoms with E-state index in [1.807, 2.05) is 31.2 Å². The molecule has 9 heteroatoms. The van der Waals surface area contributed by atoms with E-state index in [2.05, 4.69) is 25.2 Å². The molecule has 134 valence electrons. The molecule has 1 N–H and O–H groups in total. The third-order valence-electron chi connectivity index (χ3n) is 4.07. The minimum absolute atomic E-state index is 0.137. The summed E-state index contributed by atoms with van der Waals surface area (Å²) in [5.41, 5.74) is 0. The Kier molecular flexibility index (Phi) is 5.14. The number of rotatable bonds is 5. The molecule has 2 aromatic heterocycles. The van der Waals surface area contributed by atoms with Crippen LogP contribution >= 0.6 is 0 Å². The third-order valence-corrected chi connectivity index (χ3v) is 5.95. The molecule has 0 aromatic carbocycles. The molecular weight excluding hydrogens is 340 g/mol. The van der Waals surface area contributed by atoms with Crippen molar-refractivity contribution in [2.24, 2.45) is 0 Å². The number of aromatic nitrogens is 3. The summed E-state index contributed by atoms with van der Waals surface area (Å²) in [7, 11) is -3.13. The van der Waals surface area contributed by atoms with Crippen molar-refractivity contribution in [3.8, 4) is 0 Å². The second-order valence-electron chi connectivity index (χ2n) is 5.79. The van der Waals surface area contributed by atoms with Crippen LogP contribution < -0.4 is 10.2 Å². The Bertz CT molecular complexity index is 820. The van der Waals surface area contributed by atoms with Crippen LogP contribution in [0.4, 0.5) is 17.5 Å². The number of hydrogen-bond donors (Lipinski definition) is 1. The molecule has 0 bridgehead atoms. The molecule has 3 rings (SSSR count). The third kappa shape index (κ3) is 4.23. The summed E-state index contributed by atoms with van der Waals surface area (Å²) >= 11 is 0. The van der Waals surface area contributed by atoms with Gasteiger partial charge in [0, 0.05) is 38.4 Å². The van der Waals surface area contributed by atoms with Crippen LogP contribution in [0, 0.1) is 6.92 Å². The molecule has 1 aliphatic rings. The highest BCUT2D eigenvalue weighted by molar-refractivity contribution is 7.89. The minimum atomic E-state index is -3.13. The fourth-order valence-electron chi connectivity index (χ4n) is 2.72. The fraction of sp³-hybridized carbons (Fsp3) is 0.438. The smallest absolute Gasteiger partial charge is 0.213 e. The molecule has 8 nitrogen and oxygen atoms in total. The standard InChI is InChI=1S/C16H22N6O2S/c1-3-25(23,24)22-10-8-21(9-11-22)16-12-15(18-13(2)19-16)20-14-6-4-5-7-17-14/h4-7,12H,3,8-11H2,1-2H3,(H,17,18,19,20). The largest absolute Gasteiger partial charge is 0.354 e. The van der Waals surface area contributed by atoms with Crippen molar-refractivity contribution in [3.05, 3.63) is 36.3 Å². The zero-order chi connectivity index (χ0) is 17.9. The number of anilines is 3. The molecule has 0 spiro atoms. The first-order valence-electron chi connectivity index (χ1n) is 8.24. The maximum Gasteiger partial charge on any atom is 0.213 e. The first-order valence-corrected chi connectivity index (χ1v) is 9.85.